The summed E-state index contributed by atoms with van der Waals surface area (Å²) in [6, 6.07) is 16.2. The molecular formula is C23H20ClN5OS. The smallest absolute Gasteiger partial charge is 0.264 e. The minimum atomic E-state index is -0.513. The molecule has 2 unspecified atom stereocenters. The SMILES string of the molecule is CC(N=C(N)C(C=N)c1cscn1)c1cc2cccc(Cl)c2c(=O)n1-c1ccccc1. The van der Waals surface area contributed by atoms with E-state index in [9.17, 15) is 4.79 Å². The zero-order valence-corrected chi connectivity index (χ0v) is 18.3. The van der Waals surface area contributed by atoms with Crippen molar-refractivity contribution in [2.45, 2.75) is 18.9 Å². The zero-order chi connectivity index (χ0) is 22.0. The number of aromatic nitrogens is 2. The molecule has 0 bridgehead atoms. The van der Waals surface area contributed by atoms with Crippen LogP contribution in [0, 0.1) is 5.41 Å². The van der Waals surface area contributed by atoms with Gasteiger partial charge in [-0.15, -0.1) is 11.3 Å². The molecule has 2 aromatic carbocycles. The first kappa shape index (κ1) is 21.0. The van der Waals surface area contributed by atoms with Crippen molar-refractivity contribution in [3.63, 3.8) is 0 Å². The first-order valence-electron chi connectivity index (χ1n) is 9.62. The molecule has 4 aromatic rings. The normalized spacial score (nSPS) is 13.8. The minimum Gasteiger partial charge on any atom is -0.387 e. The Morgan fingerprint density at radius 1 is 1.26 bits per heavy atom. The molecule has 3 N–H and O–H groups in total. The minimum absolute atomic E-state index is 0.215. The summed E-state index contributed by atoms with van der Waals surface area (Å²) < 4.78 is 1.62. The summed E-state index contributed by atoms with van der Waals surface area (Å²) in [5.41, 5.74) is 9.83. The molecule has 0 amide bonds. The molecule has 0 spiro atoms. The third kappa shape index (κ3) is 4.02. The van der Waals surface area contributed by atoms with Gasteiger partial charge in [-0.2, -0.15) is 0 Å². The van der Waals surface area contributed by atoms with Crippen molar-refractivity contribution in [2.24, 2.45) is 10.7 Å². The maximum absolute atomic E-state index is 13.5. The second-order valence-corrected chi connectivity index (χ2v) is 8.16. The first-order valence-corrected chi connectivity index (χ1v) is 10.9. The molecule has 0 aliphatic rings. The predicted molar refractivity (Wildman–Crippen MR) is 128 cm³/mol. The summed E-state index contributed by atoms with van der Waals surface area (Å²) in [6.07, 6.45) is 1.23. The first-order chi connectivity index (χ1) is 15.0. The van der Waals surface area contributed by atoms with E-state index in [1.165, 1.54) is 17.6 Å². The van der Waals surface area contributed by atoms with Gasteiger partial charge >= 0.3 is 0 Å². The van der Waals surface area contributed by atoms with Gasteiger partial charge in [0.25, 0.3) is 5.56 Å². The highest BCUT2D eigenvalue weighted by Gasteiger charge is 2.20. The van der Waals surface area contributed by atoms with Crippen molar-refractivity contribution in [1.82, 2.24) is 9.55 Å². The molecule has 4 rings (SSSR count). The molecule has 0 saturated carbocycles. The Morgan fingerprint density at radius 2 is 2.03 bits per heavy atom. The van der Waals surface area contributed by atoms with Crippen LogP contribution in [0.5, 0.6) is 0 Å². The number of halogens is 1. The Balaban J connectivity index is 1.90. The molecule has 8 heteroatoms. The lowest BCUT2D eigenvalue weighted by atomic mass is 10.1. The van der Waals surface area contributed by atoms with E-state index in [2.05, 4.69) is 9.98 Å². The number of thiazole rings is 1. The largest absolute Gasteiger partial charge is 0.387 e. The van der Waals surface area contributed by atoms with Crippen molar-refractivity contribution in [2.75, 3.05) is 0 Å². The number of rotatable bonds is 6. The maximum Gasteiger partial charge on any atom is 0.264 e. The molecule has 0 aliphatic heterocycles. The molecule has 31 heavy (non-hydrogen) atoms. The van der Waals surface area contributed by atoms with Crippen molar-refractivity contribution < 1.29 is 0 Å². The van der Waals surface area contributed by atoms with E-state index in [0.717, 1.165) is 5.39 Å². The summed E-state index contributed by atoms with van der Waals surface area (Å²) >= 11 is 7.80. The van der Waals surface area contributed by atoms with Gasteiger partial charge in [0.1, 0.15) is 5.84 Å². The molecule has 0 saturated heterocycles. The summed E-state index contributed by atoms with van der Waals surface area (Å²) in [4.78, 5) is 22.4. The van der Waals surface area contributed by atoms with Gasteiger partial charge < -0.3 is 11.1 Å². The van der Waals surface area contributed by atoms with E-state index in [0.29, 0.717) is 27.5 Å². The number of fused-ring (bicyclic) bond motifs is 1. The van der Waals surface area contributed by atoms with Crippen LogP contribution in [0.25, 0.3) is 16.5 Å². The van der Waals surface area contributed by atoms with Crippen molar-refractivity contribution in [3.05, 3.63) is 92.3 Å². The molecular weight excluding hydrogens is 430 g/mol. The van der Waals surface area contributed by atoms with Crippen LogP contribution in [0.1, 0.15) is 30.3 Å². The number of aliphatic imine (C=N–C) groups is 1. The van der Waals surface area contributed by atoms with E-state index in [-0.39, 0.29) is 11.4 Å². The molecule has 2 heterocycles. The fraction of sp³-hybridized carbons (Fsp3) is 0.130. The topological polar surface area (TPSA) is 97.1 Å². The number of amidine groups is 1. The summed E-state index contributed by atoms with van der Waals surface area (Å²) in [5, 5.41) is 11.2. The lowest BCUT2D eigenvalue weighted by Crippen LogP contribution is -2.26. The molecule has 0 aliphatic carbocycles. The molecule has 0 radical (unpaired) electrons. The van der Waals surface area contributed by atoms with Crippen LogP contribution in [0.2, 0.25) is 5.02 Å². The number of para-hydroxylation sites is 1. The van der Waals surface area contributed by atoms with E-state index in [1.807, 2.05) is 60.8 Å². The number of pyridine rings is 1. The highest BCUT2D eigenvalue weighted by molar-refractivity contribution is 7.07. The van der Waals surface area contributed by atoms with E-state index in [4.69, 9.17) is 22.7 Å². The Labute approximate surface area is 188 Å². The fourth-order valence-electron chi connectivity index (χ4n) is 3.56. The van der Waals surface area contributed by atoms with E-state index < -0.39 is 12.0 Å². The number of hydrogen-bond acceptors (Lipinski definition) is 5. The molecule has 156 valence electrons. The van der Waals surface area contributed by atoms with E-state index in [1.54, 1.807) is 16.1 Å². The fourth-order valence-corrected chi connectivity index (χ4v) is 4.41. The standard InChI is InChI=1S/C23H20ClN5OS/c1-14(28-22(26)17(11-25)19-12-31-13-27-19)20-10-15-6-5-9-18(24)21(15)23(30)29(20)16-7-3-2-4-8-16/h2-14,17,25H,1H3,(H2,26,28). The van der Waals surface area contributed by atoms with Crippen LogP contribution in [0.4, 0.5) is 0 Å². The summed E-state index contributed by atoms with van der Waals surface area (Å²) in [6.45, 7) is 1.87. The van der Waals surface area contributed by atoms with Gasteiger partial charge in [-0.1, -0.05) is 41.9 Å². The van der Waals surface area contributed by atoms with Gasteiger partial charge in [-0.05, 0) is 36.6 Å². The Hall–Kier alpha value is -3.29. The monoisotopic (exact) mass is 449 g/mol. The van der Waals surface area contributed by atoms with Crippen LogP contribution in [0.15, 0.2) is 75.3 Å². The average molecular weight is 450 g/mol. The summed E-state index contributed by atoms with van der Waals surface area (Å²) in [7, 11) is 0. The second-order valence-electron chi connectivity index (χ2n) is 7.04. The average Bonchev–Trinajstić information content (AvgIpc) is 3.29. The van der Waals surface area contributed by atoms with Crippen LogP contribution in [0.3, 0.4) is 0 Å². The van der Waals surface area contributed by atoms with Crippen LogP contribution in [-0.2, 0) is 0 Å². The lowest BCUT2D eigenvalue weighted by molar-refractivity contribution is 0.731. The molecule has 2 atom stereocenters. The summed E-state index contributed by atoms with van der Waals surface area (Å²) in [5.74, 6) is -0.243. The van der Waals surface area contributed by atoms with Crippen LogP contribution in [-0.4, -0.2) is 21.6 Å². The van der Waals surface area contributed by atoms with Gasteiger partial charge in [0.2, 0.25) is 0 Å². The molecule has 2 aromatic heterocycles. The Morgan fingerprint density at radius 3 is 2.71 bits per heavy atom. The predicted octanol–water partition coefficient (Wildman–Crippen LogP) is 4.95. The highest BCUT2D eigenvalue weighted by atomic mass is 35.5. The third-order valence-electron chi connectivity index (χ3n) is 5.06. The van der Waals surface area contributed by atoms with Crippen molar-refractivity contribution >= 4 is 45.8 Å². The number of benzene rings is 2. The van der Waals surface area contributed by atoms with Crippen molar-refractivity contribution in [3.8, 4) is 5.69 Å². The maximum atomic E-state index is 13.5. The number of nitrogens with zero attached hydrogens (tertiary/aromatic N) is 3. The van der Waals surface area contributed by atoms with Gasteiger partial charge in [-0.3, -0.25) is 14.4 Å². The third-order valence-corrected chi connectivity index (χ3v) is 5.98. The van der Waals surface area contributed by atoms with Gasteiger partial charge in [-0.25, -0.2) is 4.98 Å². The van der Waals surface area contributed by atoms with Crippen molar-refractivity contribution in [1.29, 1.82) is 5.41 Å². The zero-order valence-electron chi connectivity index (χ0n) is 16.7. The van der Waals surface area contributed by atoms with Gasteiger partial charge in [0.15, 0.2) is 0 Å². The Bertz CT molecular complexity index is 1320. The number of nitrogens with one attached hydrogen (secondary N) is 1. The highest BCUT2D eigenvalue weighted by Crippen LogP contribution is 2.27. The number of nitrogens with two attached hydrogens (primary N) is 1. The van der Waals surface area contributed by atoms with Gasteiger partial charge in [0.05, 0.1) is 39.3 Å². The van der Waals surface area contributed by atoms with Crippen LogP contribution < -0.4 is 11.3 Å². The molecule has 0 fully saturated rings. The number of hydrogen-bond donors (Lipinski definition) is 2. The lowest BCUT2D eigenvalue weighted by Gasteiger charge is -2.19. The molecule has 6 nitrogen and oxygen atoms in total. The Kier molecular flexibility index (Phi) is 5.97. The second kappa shape index (κ2) is 8.83. The van der Waals surface area contributed by atoms with Crippen LogP contribution >= 0.6 is 22.9 Å². The van der Waals surface area contributed by atoms with E-state index >= 15 is 0 Å². The van der Waals surface area contributed by atoms with Gasteiger partial charge in [0, 0.05) is 17.3 Å². The quantitative estimate of drug-likeness (QED) is 0.322.